The minimum Gasteiger partial charge on any atom is -0.324 e. The van der Waals surface area contributed by atoms with Crippen LogP contribution in [-0.2, 0) is 14.8 Å². The van der Waals surface area contributed by atoms with Gasteiger partial charge in [0.05, 0.1) is 10.6 Å². The van der Waals surface area contributed by atoms with E-state index in [2.05, 4.69) is 10.0 Å². The fourth-order valence-electron chi connectivity index (χ4n) is 1.88. The monoisotopic (exact) mass is 340 g/mol. The van der Waals surface area contributed by atoms with Crippen molar-refractivity contribution in [3.63, 3.8) is 0 Å². The smallest absolute Gasteiger partial charge is 0.261 e. The lowest BCUT2D eigenvalue weighted by molar-refractivity contribution is -0.114. The molecule has 0 aliphatic rings. The summed E-state index contributed by atoms with van der Waals surface area (Å²) in [5.41, 5.74) is 0.216. The molecule has 0 saturated carbocycles. The molecular weight excluding hydrogens is 326 g/mol. The van der Waals surface area contributed by atoms with E-state index >= 15 is 0 Å². The van der Waals surface area contributed by atoms with Gasteiger partial charge in [-0.1, -0.05) is 0 Å². The van der Waals surface area contributed by atoms with Crippen LogP contribution in [0.5, 0.6) is 0 Å². The molecule has 0 saturated heterocycles. The van der Waals surface area contributed by atoms with Crippen LogP contribution in [0.15, 0.2) is 41.3 Å². The lowest BCUT2D eigenvalue weighted by atomic mass is 10.2. The maximum atomic E-state index is 13.6. The van der Waals surface area contributed by atoms with Crippen LogP contribution < -0.4 is 10.0 Å². The minimum atomic E-state index is -4.01. The van der Waals surface area contributed by atoms with Gasteiger partial charge in [-0.15, -0.1) is 0 Å². The van der Waals surface area contributed by atoms with Gasteiger partial charge < -0.3 is 5.32 Å². The van der Waals surface area contributed by atoms with Gasteiger partial charge in [-0.05, 0) is 48.9 Å². The summed E-state index contributed by atoms with van der Waals surface area (Å²) < 4.78 is 53.7. The number of amides is 1. The first-order chi connectivity index (χ1) is 10.7. The van der Waals surface area contributed by atoms with Crippen molar-refractivity contribution >= 4 is 27.3 Å². The van der Waals surface area contributed by atoms with Crippen molar-refractivity contribution in [1.82, 2.24) is 0 Å². The largest absolute Gasteiger partial charge is 0.324 e. The minimum absolute atomic E-state index is 0.175. The molecule has 0 aliphatic carbocycles. The molecule has 8 heteroatoms. The maximum Gasteiger partial charge on any atom is 0.261 e. The highest BCUT2D eigenvalue weighted by Gasteiger charge is 2.17. The topological polar surface area (TPSA) is 75.3 Å². The number of hydrogen-bond acceptors (Lipinski definition) is 3. The number of aryl methyl sites for hydroxylation is 1. The third kappa shape index (κ3) is 4.04. The predicted molar refractivity (Wildman–Crippen MR) is 82.6 cm³/mol. The number of rotatable bonds is 4. The quantitative estimate of drug-likeness (QED) is 0.898. The highest BCUT2D eigenvalue weighted by Crippen LogP contribution is 2.23. The first-order valence-corrected chi connectivity index (χ1v) is 8.03. The molecule has 0 heterocycles. The molecule has 2 rings (SSSR count). The fourth-order valence-corrected chi connectivity index (χ4v) is 2.95. The number of carbonyl (C=O) groups is 1. The molecule has 23 heavy (non-hydrogen) atoms. The number of nitrogens with one attached hydrogen (secondary N) is 2. The van der Waals surface area contributed by atoms with Crippen molar-refractivity contribution in [1.29, 1.82) is 0 Å². The Morgan fingerprint density at radius 1 is 1.04 bits per heavy atom. The van der Waals surface area contributed by atoms with Crippen LogP contribution in [0.1, 0.15) is 12.5 Å². The molecule has 0 radical (unpaired) electrons. The zero-order valence-electron chi connectivity index (χ0n) is 12.4. The molecule has 0 unspecified atom stereocenters. The second kappa shape index (κ2) is 6.33. The molecule has 0 aliphatic heterocycles. The summed E-state index contributed by atoms with van der Waals surface area (Å²) in [6, 6.07) is 6.77. The van der Waals surface area contributed by atoms with Crippen molar-refractivity contribution < 1.29 is 22.0 Å². The molecule has 0 spiro atoms. The molecule has 5 nitrogen and oxygen atoms in total. The Balaban J connectivity index is 2.35. The standard InChI is InChI=1S/C15H14F2N2O3S/c1-9-7-11(3-5-13(9)16)19-23(21,22)12-4-6-14(17)15(8-12)18-10(2)20/h3-8,19H,1-2H3,(H,18,20). The number of hydrogen-bond donors (Lipinski definition) is 2. The van der Waals surface area contributed by atoms with E-state index in [1.54, 1.807) is 0 Å². The van der Waals surface area contributed by atoms with E-state index in [1.807, 2.05) is 0 Å². The van der Waals surface area contributed by atoms with Gasteiger partial charge in [-0.3, -0.25) is 9.52 Å². The molecule has 0 fully saturated rings. The van der Waals surface area contributed by atoms with Crippen LogP contribution in [0.4, 0.5) is 20.2 Å². The third-order valence-corrected chi connectivity index (χ3v) is 4.35. The summed E-state index contributed by atoms with van der Waals surface area (Å²) in [5, 5.41) is 2.21. The molecule has 1 amide bonds. The Morgan fingerprint density at radius 2 is 1.70 bits per heavy atom. The number of sulfonamides is 1. The lowest BCUT2D eigenvalue weighted by Crippen LogP contribution is -2.14. The molecule has 2 N–H and O–H groups in total. The van der Waals surface area contributed by atoms with Crippen LogP contribution in [-0.4, -0.2) is 14.3 Å². The molecule has 0 aromatic heterocycles. The normalized spacial score (nSPS) is 11.1. The Morgan fingerprint density at radius 3 is 2.30 bits per heavy atom. The first kappa shape index (κ1) is 16.9. The average molecular weight is 340 g/mol. The molecule has 0 bridgehead atoms. The van der Waals surface area contributed by atoms with Crippen molar-refractivity contribution in [3.8, 4) is 0 Å². The first-order valence-electron chi connectivity index (χ1n) is 6.55. The molecule has 122 valence electrons. The fraction of sp³-hybridized carbons (Fsp3) is 0.133. The van der Waals surface area contributed by atoms with E-state index in [9.17, 15) is 22.0 Å². The Bertz CT molecular complexity index is 867. The van der Waals surface area contributed by atoms with E-state index in [-0.39, 0.29) is 21.8 Å². The van der Waals surface area contributed by atoms with Gasteiger partial charge in [0.25, 0.3) is 10.0 Å². The molecule has 2 aromatic carbocycles. The van der Waals surface area contributed by atoms with Crippen LogP contribution in [0.25, 0.3) is 0 Å². The summed E-state index contributed by atoms with van der Waals surface area (Å²) in [6.07, 6.45) is 0. The predicted octanol–water partition coefficient (Wildman–Crippen LogP) is 3.03. The third-order valence-electron chi connectivity index (χ3n) is 2.97. The van der Waals surface area contributed by atoms with Gasteiger partial charge in [0, 0.05) is 12.6 Å². The highest BCUT2D eigenvalue weighted by atomic mass is 32.2. The Hall–Kier alpha value is -2.48. The average Bonchev–Trinajstić information content (AvgIpc) is 2.44. The SMILES string of the molecule is CC(=O)Nc1cc(S(=O)(=O)Nc2ccc(F)c(C)c2)ccc1F. The summed E-state index contributed by atoms with van der Waals surface area (Å²) in [5.74, 6) is -1.74. The summed E-state index contributed by atoms with van der Waals surface area (Å²) in [6.45, 7) is 2.68. The Labute approximate surface area is 132 Å². The van der Waals surface area contributed by atoms with Gasteiger partial charge in [-0.2, -0.15) is 0 Å². The zero-order valence-corrected chi connectivity index (χ0v) is 13.2. The zero-order chi connectivity index (χ0) is 17.2. The van der Waals surface area contributed by atoms with Crippen LogP contribution in [0.3, 0.4) is 0 Å². The Kier molecular flexibility index (Phi) is 4.65. The van der Waals surface area contributed by atoms with Crippen LogP contribution in [0.2, 0.25) is 0 Å². The summed E-state index contributed by atoms with van der Waals surface area (Å²) >= 11 is 0. The van der Waals surface area contributed by atoms with E-state index in [4.69, 9.17) is 0 Å². The van der Waals surface area contributed by atoms with E-state index in [0.717, 1.165) is 24.3 Å². The number of carbonyl (C=O) groups excluding carboxylic acids is 1. The maximum absolute atomic E-state index is 13.6. The van der Waals surface area contributed by atoms with Gasteiger partial charge >= 0.3 is 0 Å². The summed E-state index contributed by atoms with van der Waals surface area (Å²) in [4.78, 5) is 10.8. The van der Waals surface area contributed by atoms with Gasteiger partial charge in [0.2, 0.25) is 5.91 Å². The van der Waals surface area contributed by atoms with Crippen molar-refractivity contribution in [2.75, 3.05) is 10.0 Å². The lowest BCUT2D eigenvalue weighted by Gasteiger charge is -2.11. The number of benzene rings is 2. The summed E-state index contributed by atoms with van der Waals surface area (Å²) in [7, 11) is -4.01. The number of halogens is 2. The number of anilines is 2. The van der Waals surface area contributed by atoms with Gasteiger partial charge in [0.1, 0.15) is 11.6 Å². The van der Waals surface area contributed by atoms with Crippen LogP contribution >= 0.6 is 0 Å². The highest BCUT2D eigenvalue weighted by molar-refractivity contribution is 7.92. The second-order valence-electron chi connectivity index (χ2n) is 4.89. The molecule has 0 atom stereocenters. The van der Waals surface area contributed by atoms with Gasteiger partial charge in [-0.25, -0.2) is 17.2 Å². The molecular formula is C15H14F2N2O3S. The van der Waals surface area contributed by atoms with Crippen molar-refractivity contribution in [3.05, 3.63) is 53.6 Å². The van der Waals surface area contributed by atoms with Crippen molar-refractivity contribution in [2.24, 2.45) is 0 Å². The van der Waals surface area contributed by atoms with Crippen LogP contribution in [0, 0.1) is 18.6 Å². The van der Waals surface area contributed by atoms with E-state index in [0.29, 0.717) is 0 Å². The van der Waals surface area contributed by atoms with E-state index < -0.39 is 27.6 Å². The van der Waals surface area contributed by atoms with E-state index in [1.165, 1.54) is 26.0 Å². The van der Waals surface area contributed by atoms with Gasteiger partial charge in [0.15, 0.2) is 0 Å². The van der Waals surface area contributed by atoms with Crippen molar-refractivity contribution in [2.45, 2.75) is 18.7 Å². The second-order valence-corrected chi connectivity index (χ2v) is 6.57. The molecule has 2 aromatic rings.